The predicted molar refractivity (Wildman–Crippen MR) is 84.1 cm³/mol. The van der Waals surface area contributed by atoms with Gasteiger partial charge in [-0.05, 0) is 24.6 Å². The first-order chi connectivity index (χ1) is 10.3. The Morgan fingerprint density at radius 2 is 2.05 bits per heavy atom. The van der Waals surface area contributed by atoms with E-state index in [4.69, 9.17) is 16.3 Å². The topological polar surface area (TPSA) is 38.2 Å². The van der Waals surface area contributed by atoms with Crippen LogP contribution in [0.2, 0.25) is 5.02 Å². The number of morpholine rings is 1. The van der Waals surface area contributed by atoms with E-state index in [1.165, 1.54) is 0 Å². The highest BCUT2D eigenvalue weighted by Gasteiger charge is 2.19. The van der Waals surface area contributed by atoms with Crippen molar-refractivity contribution in [2.45, 2.75) is 13.3 Å². The molecule has 3 heterocycles. The maximum absolute atomic E-state index is 6.62. The molecule has 0 unspecified atom stereocenters. The molecule has 0 amide bonds. The average Bonchev–Trinajstić information content (AvgIpc) is 2.52. The Morgan fingerprint density at radius 3 is 2.76 bits per heavy atom. The van der Waals surface area contributed by atoms with Gasteiger partial charge in [-0.3, -0.25) is 9.97 Å². The van der Waals surface area contributed by atoms with Gasteiger partial charge in [0, 0.05) is 37.6 Å². The fourth-order valence-electron chi connectivity index (χ4n) is 2.58. The van der Waals surface area contributed by atoms with Crippen molar-refractivity contribution in [2.24, 2.45) is 0 Å². The van der Waals surface area contributed by atoms with E-state index in [1.807, 2.05) is 31.3 Å². The zero-order valence-corrected chi connectivity index (χ0v) is 12.8. The van der Waals surface area contributed by atoms with E-state index in [1.54, 1.807) is 6.20 Å². The summed E-state index contributed by atoms with van der Waals surface area (Å²) in [5, 5.41) is 0.738. The van der Waals surface area contributed by atoms with Crippen molar-refractivity contribution in [2.75, 3.05) is 31.2 Å². The molecule has 0 spiro atoms. The summed E-state index contributed by atoms with van der Waals surface area (Å²) in [6, 6.07) is 5.88. The number of rotatable bonds is 3. The zero-order valence-electron chi connectivity index (χ0n) is 12.1. The summed E-state index contributed by atoms with van der Waals surface area (Å²) in [5.41, 5.74) is 4.04. The fraction of sp³-hybridized carbons (Fsp3) is 0.375. The molecule has 0 N–H and O–H groups in total. The molecule has 3 rings (SSSR count). The molecule has 1 aliphatic heterocycles. The van der Waals surface area contributed by atoms with Crippen LogP contribution in [0.3, 0.4) is 0 Å². The molecule has 110 valence electrons. The van der Waals surface area contributed by atoms with Gasteiger partial charge < -0.3 is 9.64 Å². The third-order valence-electron chi connectivity index (χ3n) is 3.65. The molecule has 1 fully saturated rings. The van der Waals surface area contributed by atoms with E-state index < -0.39 is 0 Å². The Hall–Kier alpha value is -1.65. The van der Waals surface area contributed by atoms with Crippen molar-refractivity contribution in [1.82, 2.24) is 9.97 Å². The first-order valence-electron chi connectivity index (χ1n) is 7.12. The number of nitrogens with zero attached hydrogens (tertiary/aromatic N) is 3. The van der Waals surface area contributed by atoms with Gasteiger partial charge in [0.1, 0.15) is 0 Å². The van der Waals surface area contributed by atoms with Gasteiger partial charge in [0.25, 0.3) is 0 Å². The van der Waals surface area contributed by atoms with Crippen LogP contribution in [-0.2, 0) is 11.2 Å². The minimum Gasteiger partial charge on any atom is -0.378 e. The third kappa shape index (κ3) is 3.17. The lowest BCUT2D eigenvalue weighted by Gasteiger charge is -2.31. The second-order valence-electron chi connectivity index (χ2n) is 5.15. The van der Waals surface area contributed by atoms with E-state index in [0.717, 1.165) is 54.0 Å². The molecule has 0 radical (unpaired) electrons. The van der Waals surface area contributed by atoms with Crippen molar-refractivity contribution < 1.29 is 4.74 Å². The number of hydrogen-bond acceptors (Lipinski definition) is 4. The molecular formula is C16H18ClN3O. The molecule has 1 saturated heterocycles. The third-order valence-corrected chi connectivity index (χ3v) is 4.05. The van der Waals surface area contributed by atoms with Gasteiger partial charge in [-0.2, -0.15) is 0 Å². The number of halogens is 1. The van der Waals surface area contributed by atoms with Crippen LogP contribution < -0.4 is 4.90 Å². The molecule has 0 aliphatic carbocycles. The number of aryl methyl sites for hydroxylation is 1. The quantitative estimate of drug-likeness (QED) is 0.874. The minimum absolute atomic E-state index is 0.650. The second-order valence-corrected chi connectivity index (χ2v) is 5.53. The van der Waals surface area contributed by atoms with Crippen LogP contribution >= 0.6 is 11.6 Å². The van der Waals surface area contributed by atoms with Crippen molar-refractivity contribution in [1.29, 1.82) is 0 Å². The highest BCUT2D eigenvalue weighted by atomic mass is 35.5. The Bertz CT molecular complexity index is 612. The summed E-state index contributed by atoms with van der Waals surface area (Å²) in [4.78, 5) is 11.1. The summed E-state index contributed by atoms with van der Waals surface area (Å²) in [6.45, 7) is 5.27. The van der Waals surface area contributed by atoms with Gasteiger partial charge in [0.15, 0.2) is 0 Å². The molecule has 2 aromatic rings. The van der Waals surface area contributed by atoms with Gasteiger partial charge in [-0.15, -0.1) is 0 Å². The van der Waals surface area contributed by atoms with E-state index in [0.29, 0.717) is 6.42 Å². The van der Waals surface area contributed by atoms with E-state index >= 15 is 0 Å². The molecule has 2 aromatic heterocycles. The standard InChI is InChI=1S/C16H18ClN3O/c1-12-11-19-14(10-13-4-2-3-5-18-13)15(17)16(12)20-6-8-21-9-7-20/h2-5,11H,6-10H2,1H3. The van der Waals surface area contributed by atoms with Crippen molar-refractivity contribution in [3.63, 3.8) is 0 Å². The van der Waals surface area contributed by atoms with Crippen molar-refractivity contribution in [3.8, 4) is 0 Å². The summed E-state index contributed by atoms with van der Waals surface area (Å²) >= 11 is 6.62. The Morgan fingerprint density at radius 1 is 1.24 bits per heavy atom. The molecule has 1 aliphatic rings. The number of hydrogen-bond donors (Lipinski definition) is 0. The zero-order chi connectivity index (χ0) is 14.7. The van der Waals surface area contributed by atoms with Crippen LogP contribution in [0.5, 0.6) is 0 Å². The number of pyridine rings is 2. The first-order valence-corrected chi connectivity index (χ1v) is 7.50. The Balaban J connectivity index is 1.92. The molecule has 0 aromatic carbocycles. The normalized spacial score (nSPS) is 15.2. The van der Waals surface area contributed by atoms with Gasteiger partial charge in [0.05, 0.1) is 29.6 Å². The van der Waals surface area contributed by atoms with Crippen LogP contribution in [0.25, 0.3) is 0 Å². The van der Waals surface area contributed by atoms with Crippen LogP contribution in [0.4, 0.5) is 5.69 Å². The molecule has 4 nitrogen and oxygen atoms in total. The summed E-state index contributed by atoms with van der Waals surface area (Å²) in [5.74, 6) is 0. The second kappa shape index (κ2) is 6.41. The predicted octanol–water partition coefficient (Wildman–Crippen LogP) is 2.87. The SMILES string of the molecule is Cc1cnc(Cc2ccccn2)c(Cl)c1N1CCOCC1. The smallest absolute Gasteiger partial charge is 0.0861 e. The van der Waals surface area contributed by atoms with Gasteiger partial charge in [-0.25, -0.2) is 0 Å². The number of anilines is 1. The van der Waals surface area contributed by atoms with Crippen molar-refractivity contribution in [3.05, 3.63) is 52.6 Å². The largest absolute Gasteiger partial charge is 0.378 e. The van der Waals surface area contributed by atoms with Crippen LogP contribution in [-0.4, -0.2) is 36.3 Å². The van der Waals surface area contributed by atoms with Crippen LogP contribution in [0.15, 0.2) is 30.6 Å². The monoisotopic (exact) mass is 303 g/mol. The lowest BCUT2D eigenvalue weighted by Crippen LogP contribution is -2.37. The highest BCUT2D eigenvalue weighted by molar-refractivity contribution is 6.34. The fourth-order valence-corrected chi connectivity index (χ4v) is 2.96. The highest BCUT2D eigenvalue weighted by Crippen LogP contribution is 2.32. The van der Waals surface area contributed by atoms with Crippen molar-refractivity contribution >= 4 is 17.3 Å². The van der Waals surface area contributed by atoms with E-state index in [-0.39, 0.29) is 0 Å². The maximum atomic E-state index is 6.62. The van der Waals surface area contributed by atoms with E-state index in [2.05, 4.69) is 14.9 Å². The molecule has 0 bridgehead atoms. The van der Waals surface area contributed by atoms with Gasteiger partial charge >= 0.3 is 0 Å². The summed E-state index contributed by atoms with van der Waals surface area (Å²) in [7, 11) is 0. The Kier molecular flexibility index (Phi) is 4.36. The summed E-state index contributed by atoms with van der Waals surface area (Å²) in [6.07, 6.45) is 4.34. The summed E-state index contributed by atoms with van der Waals surface area (Å²) < 4.78 is 5.42. The first kappa shape index (κ1) is 14.3. The van der Waals surface area contributed by atoms with Crippen LogP contribution in [0, 0.1) is 6.92 Å². The average molecular weight is 304 g/mol. The van der Waals surface area contributed by atoms with Gasteiger partial charge in [0.2, 0.25) is 0 Å². The lowest BCUT2D eigenvalue weighted by molar-refractivity contribution is 0.122. The van der Waals surface area contributed by atoms with Gasteiger partial charge in [-0.1, -0.05) is 17.7 Å². The molecular weight excluding hydrogens is 286 g/mol. The minimum atomic E-state index is 0.650. The number of aromatic nitrogens is 2. The molecule has 0 saturated carbocycles. The molecule has 21 heavy (non-hydrogen) atoms. The number of ether oxygens (including phenoxy) is 1. The Labute approximate surface area is 129 Å². The van der Waals surface area contributed by atoms with Crippen LogP contribution in [0.1, 0.15) is 17.0 Å². The maximum Gasteiger partial charge on any atom is 0.0861 e. The molecule has 5 heteroatoms. The lowest BCUT2D eigenvalue weighted by atomic mass is 10.1. The molecule has 0 atom stereocenters. The van der Waals surface area contributed by atoms with E-state index in [9.17, 15) is 0 Å².